The molecule has 0 aromatic heterocycles. The highest BCUT2D eigenvalue weighted by molar-refractivity contribution is 6.11. The minimum Gasteiger partial charge on any atom is -0.382 e. The smallest absolute Gasteiger partial charge is 0.220 e. The number of rotatable bonds is 7. The van der Waals surface area contributed by atoms with Crippen molar-refractivity contribution in [2.24, 2.45) is 5.92 Å². The zero-order chi connectivity index (χ0) is 16.1. The predicted octanol–water partition coefficient (Wildman–Crippen LogP) is -0.663. The van der Waals surface area contributed by atoms with Crippen LogP contribution in [0.1, 0.15) is 19.3 Å². The van der Waals surface area contributed by atoms with Gasteiger partial charge in [-0.3, -0.25) is 4.79 Å². The second-order valence-corrected chi connectivity index (χ2v) is 5.90. The molecule has 0 spiro atoms. The fourth-order valence-corrected chi connectivity index (χ4v) is 3.10. The molecule has 4 radical (unpaired) electrons. The number of methoxy groups -OCH3 is 2. The fraction of sp³-hybridized carbons (Fsp3) is 0.929. The first-order chi connectivity index (χ1) is 10.5. The Balaban J connectivity index is 1.75. The van der Waals surface area contributed by atoms with Crippen molar-refractivity contribution < 1.29 is 23.7 Å². The summed E-state index contributed by atoms with van der Waals surface area (Å²) in [5, 5.41) is 2.88. The molecule has 0 unspecified atom stereocenters. The molecule has 1 amide bonds. The Labute approximate surface area is 134 Å². The highest BCUT2D eigenvalue weighted by Gasteiger charge is 2.35. The van der Waals surface area contributed by atoms with Gasteiger partial charge in [-0.1, -0.05) is 0 Å². The molecule has 1 N–H and O–H groups in total. The summed E-state index contributed by atoms with van der Waals surface area (Å²) >= 11 is 0. The van der Waals surface area contributed by atoms with Crippen LogP contribution in [0.2, 0.25) is 0 Å². The van der Waals surface area contributed by atoms with Gasteiger partial charge in [0.15, 0.2) is 0 Å². The SMILES string of the molecule is [B][C@H]1C[C@@H](CC(=O)NC[C@H]2O[C@@H]([B])C[C@H]2OC)[C@@H](COC)O1. The van der Waals surface area contributed by atoms with E-state index in [4.69, 9.17) is 34.6 Å². The summed E-state index contributed by atoms with van der Waals surface area (Å²) in [6.07, 6.45) is 1.23. The maximum Gasteiger partial charge on any atom is 0.220 e. The first-order valence-electron chi connectivity index (χ1n) is 7.64. The van der Waals surface area contributed by atoms with Crippen molar-refractivity contribution in [2.45, 2.75) is 49.6 Å². The predicted molar refractivity (Wildman–Crippen MR) is 81.9 cm³/mol. The molecule has 0 aliphatic carbocycles. The fourth-order valence-electron chi connectivity index (χ4n) is 3.10. The highest BCUT2D eigenvalue weighted by atomic mass is 16.6. The minimum absolute atomic E-state index is 0.0530. The third-order valence-electron chi connectivity index (χ3n) is 4.22. The molecule has 2 aliphatic rings. The van der Waals surface area contributed by atoms with Crippen molar-refractivity contribution >= 4 is 21.6 Å². The second-order valence-electron chi connectivity index (χ2n) is 5.90. The molecule has 2 aliphatic heterocycles. The summed E-state index contributed by atoms with van der Waals surface area (Å²) in [7, 11) is 14.7. The highest BCUT2D eigenvalue weighted by Crippen LogP contribution is 2.28. The van der Waals surface area contributed by atoms with Crippen LogP contribution in [-0.2, 0) is 23.7 Å². The average molecular weight is 307 g/mol. The van der Waals surface area contributed by atoms with Gasteiger partial charge in [0, 0.05) is 39.2 Å². The van der Waals surface area contributed by atoms with Gasteiger partial charge in [0.1, 0.15) is 21.8 Å². The molecule has 2 heterocycles. The molecule has 22 heavy (non-hydrogen) atoms. The summed E-state index contributed by atoms with van der Waals surface area (Å²) in [5.74, 6) is 0.0163. The van der Waals surface area contributed by atoms with E-state index in [2.05, 4.69) is 5.32 Å². The summed E-state index contributed by atoms with van der Waals surface area (Å²) in [5.41, 5.74) is 0. The van der Waals surface area contributed by atoms with Gasteiger partial charge < -0.3 is 24.3 Å². The van der Waals surface area contributed by atoms with Crippen LogP contribution in [0.15, 0.2) is 0 Å². The van der Waals surface area contributed by atoms with E-state index in [0.29, 0.717) is 32.4 Å². The van der Waals surface area contributed by atoms with Crippen LogP contribution in [0.3, 0.4) is 0 Å². The van der Waals surface area contributed by atoms with Crippen LogP contribution < -0.4 is 5.32 Å². The Morgan fingerprint density at radius 3 is 2.55 bits per heavy atom. The molecule has 0 bridgehead atoms. The first kappa shape index (κ1) is 17.8. The third kappa shape index (κ3) is 4.72. The zero-order valence-electron chi connectivity index (χ0n) is 13.2. The lowest BCUT2D eigenvalue weighted by Crippen LogP contribution is -2.39. The Bertz CT molecular complexity index is 373. The summed E-state index contributed by atoms with van der Waals surface area (Å²) in [6, 6.07) is -0.661. The van der Waals surface area contributed by atoms with E-state index in [9.17, 15) is 4.79 Å². The molecule has 0 saturated carbocycles. The van der Waals surface area contributed by atoms with Crippen molar-refractivity contribution in [2.75, 3.05) is 27.4 Å². The van der Waals surface area contributed by atoms with Crippen molar-refractivity contribution in [3.05, 3.63) is 0 Å². The van der Waals surface area contributed by atoms with Gasteiger partial charge in [0.25, 0.3) is 0 Å². The molecule has 2 rings (SSSR count). The van der Waals surface area contributed by atoms with E-state index >= 15 is 0 Å². The Kier molecular flexibility index (Phi) is 6.74. The standard InChI is InChI=1S/C14H23B2NO5/c1-19-7-11-8(3-12(15)22-11)4-14(18)17-6-10-9(20-2)5-13(16)21-10/h8-13H,3-7H2,1-2H3,(H,17,18)/t8-,9+,10+,11+,12+,13+/m0/s1. The second kappa shape index (κ2) is 8.34. The minimum atomic E-state index is -0.334. The van der Waals surface area contributed by atoms with Crippen molar-refractivity contribution in [3.63, 3.8) is 0 Å². The first-order valence-corrected chi connectivity index (χ1v) is 7.64. The van der Waals surface area contributed by atoms with Gasteiger partial charge in [-0.15, -0.1) is 0 Å². The number of hydrogen-bond acceptors (Lipinski definition) is 5. The van der Waals surface area contributed by atoms with Gasteiger partial charge in [-0.25, -0.2) is 0 Å². The van der Waals surface area contributed by atoms with Crippen LogP contribution >= 0.6 is 0 Å². The van der Waals surface area contributed by atoms with Crippen LogP contribution in [-0.4, -0.2) is 79.3 Å². The Hall–Kier alpha value is -0.560. The van der Waals surface area contributed by atoms with Gasteiger partial charge in [0.05, 0.1) is 18.8 Å². The maximum atomic E-state index is 12.1. The monoisotopic (exact) mass is 307 g/mol. The van der Waals surface area contributed by atoms with E-state index in [1.165, 1.54) is 0 Å². The quantitative estimate of drug-likeness (QED) is 0.633. The van der Waals surface area contributed by atoms with Crippen LogP contribution in [0.25, 0.3) is 0 Å². The van der Waals surface area contributed by atoms with Gasteiger partial charge in [-0.2, -0.15) is 0 Å². The van der Waals surface area contributed by atoms with Crippen LogP contribution in [0, 0.1) is 5.92 Å². The van der Waals surface area contributed by atoms with E-state index in [1.807, 2.05) is 0 Å². The molecule has 6 nitrogen and oxygen atoms in total. The molecule has 0 aromatic carbocycles. The number of carbonyl (C=O) groups excluding carboxylic acids is 1. The summed E-state index contributed by atoms with van der Waals surface area (Å²) < 4.78 is 21.5. The summed E-state index contributed by atoms with van der Waals surface area (Å²) in [4.78, 5) is 12.1. The molecule has 6 atom stereocenters. The number of hydrogen-bond donors (Lipinski definition) is 1. The van der Waals surface area contributed by atoms with E-state index < -0.39 is 0 Å². The topological polar surface area (TPSA) is 66.0 Å². The normalized spacial score (nSPS) is 38.3. The zero-order valence-corrected chi connectivity index (χ0v) is 13.2. The molecular formula is C14H23B2NO5. The molecular weight excluding hydrogens is 284 g/mol. The van der Waals surface area contributed by atoms with E-state index in [-0.39, 0.29) is 42.1 Å². The van der Waals surface area contributed by atoms with Crippen LogP contribution in [0.5, 0.6) is 0 Å². The van der Waals surface area contributed by atoms with Crippen molar-refractivity contribution in [1.29, 1.82) is 0 Å². The van der Waals surface area contributed by atoms with Gasteiger partial charge in [0.2, 0.25) is 5.91 Å². The lowest BCUT2D eigenvalue weighted by molar-refractivity contribution is -0.123. The molecule has 2 fully saturated rings. The lowest BCUT2D eigenvalue weighted by Gasteiger charge is -2.20. The number of amides is 1. The maximum absolute atomic E-state index is 12.1. The number of nitrogens with one attached hydrogen (secondary N) is 1. The van der Waals surface area contributed by atoms with Crippen molar-refractivity contribution in [3.8, 4) is 0 Å². The van der Waals surface area contributed by atoms with Crippen molar-refractivity contribution in [1.82, 2.24) is 5.32 Å². The lowest BCUT2D eigenvalue weighted by atomic mass is 9.89. The molecule has 0 aromatic rings. The van der Waals surface area contributed by atoms with E-state index in [1.54, 1.807) is 14.2 Å². The van der Waals surface area contributed by atoms with Gasteiger partial charge >= 0.3 is 0 Å². The largest absolute Gasteiger partial charge is 0.382 e. The Morgan fingerprint density at radius 1 is 1.18 bits per heavy atom. The summed E-state index contributed by atoms with van der Waals surface area (Å²) in [6.45, 7) is 0.831. The molecule has 8 heteroatoms. The van der Waals surface area contributed by atoms with Crippen LogP contribution in [0.4, 0.5) is 0 Å². The molecule has 2 saturated heterocycles. The van der Waals surface area contributed by atoms with E-state index in [0.717, 1.165) is 0 Å². The van der Waals surface area contributed by atoms with Gasteiger partial charge in [-0.05, 0) is 18.8 Å². The molecule has 120 valence electrons. The average Bonchev–Trinajstić information content (AvgIpc) is 3.00. The Morgan fingerprint density at radius 2 is 1.86 bits per heavy atom. The number of ether oxygens (including phenoxy) is 4. The number of carbonyl (C=O) groups is 1. The third-order valence-corrected chi connectivity index (χ3v) is 4.22.